The van der Waals surface area contributed by atoms with Crippen molar-refractivity contribution in [2.24, 2.45) is 5.73 Å². The minimum absolute atomic E-state index is 0. The van der Waals surface area contributed by atoms with E-state index in [0.717, 1.165) is 24.8 Å². The Balaban J connectivity index is -0.00000124. The number of esters is 1. The van der Waals surface area contributed by atoms with E-state index in [1.165, 1.54) is 25.1 Å². The summed E-state index contributed by atoms with van der Waals surface area (Å²) in [5.41, 5.74) is 17.8. The zero-order valence-electron chi connectivity index (χ0n) is 65.6. The molecule has 12 N–H and O–H groups in total. The van der Waals surface area contributed by atoms with Gasteiger partial charge in [0.2, 0.25) is 29.1 Å². The number of phenolic OH excluding ortho intramolecular Hbond substituents is 1. The fraction of sp³-hybridized carbons (Fsp3) is 0.534. The molecule has 108 heavy (non-hydrogen) atoms. The number of nitrogen functional groups attached to an aromatic ring is 2. The van der Waals surface area contributed by atoms with E-state index in [-0.39, 0.29) is 55.3 Å². The fourth-order valence-electron chi connectivity index (χ4n) is 7.67. The molecule has 0 aliphatic carbocycles. The lowest BCUT2D eigenvalue weighted by atomic mass is 10.2. The maximum Gasteiger partial charge on any atom is 0.407 e. The van der Waals surface area contributed by atoms with E-state index in [2.05, 4.69) is 30.1 Å². The van der Waals surface area contributed by atoms with Crippen LogP contribution in [0.1, 0.15) is 162 Å². The third kappa shape index (κ3) is 55.5. The fourth-order valence-corrected chi connectivity index (χ4v) is 11.8. The quantitative estimate of drug-likeness (QED) is 0.00515. The van der Waals surface area contributed by atoms with Crippen LogP contribution in [-0.2, 0) is 67.1 Å². The molecule has 3 unspecified atom stereocenters. The van der Waals surface area contributed by atoms with Crippen molar-refractivity contribution in [2.45, 2.75) is 201 Å². The lowest BCUT2D eigenvalue weighted by Gasteiger charge is -2.19. The van der Waals surface area contributed by atoms with Gasteiger partial charge in [0.1, 0.15) is 59.6 Å². The van der Waals surface area contributed by atoms with Gasteiger partial charge in [-0.05, 0) is 177 Å². The Bertz CT molecular complexity index is 3830. The molecule has 5 aromatic rings. The number of nitrogens with two attached hydrogens (primary N) is 3. The summed E-state index contributed by atoms with van der Waals surface area (Å²) >= 11 is 0. The van der Waals surface area contributed by atoms with Crippen molar-refractivity contribution in [3.05, 3.63) is 127 Å². The number of phenols is 1. The van der Waals surface area contributed by atoms with Crippen LogP contribution in [0.25, 0.3) is 0 Å². The topological polar surface area (TPSA) is 437 Å². The average molecular weight is 1640 g/mol. The predicted octanol–water partition coefficient (Wildman–Crippen LogP) is 13.6. The minimum atomic E-state index is -3.80. The number of rotatable bonds is 30. The van der Waals surface area contributed by atoms with Crippen molar-refractivity contribution in [3.63, 3.8) is 0 Å². The molecule has 0 aliphatic rings. The first-order valence-electron chi connectivity index (χ1n) is 34.7. The van der Waals surface area contributed by atoms with Crippen molar-refractivity contribution in [1.29, 1.82) is 0 Å². The van der Waals surface area contributed by atoms with Crippen LogP contribution in [0.2, 0.25) is 0 Å². The number of hydrogen-bond donors (Lipinski definition) is 9. The molecule has 0 radical (unpaired) electrons. The van der Waals surface area contributed by atoms with E-state index < -0.39 is 90.0 Å². The van der Waals surface area contributed by atoms with Crippen molar-refractivity contribution in [3.8, 4) is 23.0 Å². The van der Waals surface area contributed by atoms with Crippen LogP contribution < -0.4 is 56.8 Å². The summed E-state index contributed by atoms with van der Waals surface area (Å²) in [7, 11) is -8.83. The number of aromatic hydroxyl groups is 1. The molecule has 3 atom stereocenters. The molecule has 35 heteroatoms. The molecule has 3 amide bonds. The Morgan fingerprint density at radius 3 is 1.16 bits per heavy atom. The highest BCUT2D eigenvalue weighted by molar-refractivity contribution is 8.14. The first-order valence-corrected chi connectivity index (χ1v) is 41.6. The number of anilines is 4. The maximum absolute atomic E-state index is 12.2. The standard InChI is InChI=1S/C18H30N2O5S.C14H21NO5S.C13H22N2O3S.C13H20N2O3.C6H7NO.C5H11ClO2S.C4H8O2.ClH/c1-6-8-14(2)26(22,23)20-15-9-7-10-16(13-15)24-12-11-19-17(21)25-18(3,4)5;1-11-5-7-12(8-6-11)21(17,18)19-10-9-15-13(16)20-14(2,3)4;1-3-5-11(2)19(16,17)15-12-6-4-7-13(10-12)18-9-8-14;1-13(2,3)18-12(16)15-7-8-17-11-6-4-5-10(14)9-11;7-5-2-1-3-6(8)4-5;1-3-4-5(2)9(6,7)8;1-3-6-4(2)5;/h7,9-10,13-14,20H,6,8,11-12H2,1-5H3,(H,19,21);5-8H,9-10H2,1-4H3,(H,15,16);4,6-7,10-11,15H,3,5,8-9,14H2,1-2H3;4-6,9H,7-8,14H2,1-3H3,(H,15,16);1-4,8H,7H2;5H,3-4H2,1-2H3;3H2,1-2H3;1H. The molecule has 5 rings (SSSR count). The van der Waals surface area contributed by atoms with E-state index in [1.807, 2.05) is 60.6 Å². The van der Waals surface area contributed by atoms with Gasteiger partial charge in [-0.3, -0.25) is 18.4 Å². The normalized spacial score (nSPS) is 11.9. The van der Waals surface area contributed by atoms with Gasteiger partial charge in [0.25, 0.3) is 10.1 Å². The van der Waals surface area contributed by atoms with E-state index in [1.54, 1.807) is 160 Å². The lowest BCUT2D eigenvalue weighted by molar-refractivity contribution is -0.140. The highest BCUT2D eigenvalue weighted by atomic mass is 35.7. The Hall–Kier alpha value is -7.92. The zero-order chi connectivity index (χ0) is 82.3. The minimum Gasteiger partial charge on any atom is -0.508 e. The number of halogens is 2. The number of hydrogen-bond acceptors (Lipinski definition) is 24. The Morgan fingerprint density at radius 1 is 0.500 bits per heavy atom. The van der Waals surface area contributed by atoms with Gasteiger partial charge in [0, 0.05) is 66.3 Å². The summed E-state index contributed by atoms with van der Waals surface area (Å²) in [6.45, 7) is 34.4. The van der Waals surface area contributed by atoms with E-state index in [0.29, 0.717) is 92.2 Å². The third-order valence-electron chi connectivity index (χ3n) is 12.7. The largest absolute Gasteiger partial charge is 0.508 e. The molecule has 0 aliphatic heterocycles. The lowest BCUT2D eigenvalue weighted by Crippen LogP contribution is -2.34. The first kappa shape index (κ1) is 104. The van der Waals surface area contributed by atoms with Crippen LogP contribution in [0, 0.1) is 6.92 Å². The first-order chi connectivity index (χ1) is 49.5. The van der Waals surface area contributed by atoms with E-state index in [9.17, 15) is 52.8 Å². The van der Waals surface area contributed by atoms with Crippen LogP contribution in [-0.4, -0.2) is 155 Å². The van der Waals surface area contributed by atoms with Crippen LogP contribution >= 0.6 is 23.1 Å². The Labute approximate surface area is 652 Å². The molecule has 0 aromatic heterocycles. The van der Waals surface area contributed by atoms with Crippen LogP contribution in [0.4, 0.5) is 37.1 Å². The van der Waals surface area contributed by atoms with Gasteiger partial charge in [-0.25, -0.2) is 39.6 Å². The summed E-state index contributed by atoms with van der Waals surface area (Å²) in [6, 6.07) is 33.6. The number of sulfonamides is 2. The molecule has 0 saturated carbocycles. The summed E-state index contributed by atoms with van der Waals surface area (Å²) in [5, 5.41) is 15.1. The van der Waals surface area contributed by atoms with E-state index in [4.69, 9.17) is 65.6 Å². The molecule has 0 spiro atoms. The SMILES string of the molecule is CC(C)(C)OC(=O)NCCOc1cccc(N)c1.CCCC(C)S(=O)(=O)Cl.CCCC(C)S(=O)(=O)Nc1cccc(OCCN)c1.CCCC(C)S(=O)(=O)Nc1cccc(OCCNC(=O)OC(C)(C)C)c1.CCOC(C)=O.Cc1ccc(S(=O)(=O)OCCNC(=O)OC(C)(C)C)cc1.Cl.Nc1cccc(O)c1. The molecule has 0 bridgehead atoms. The molecule has 0 heterocycles. The van der Waals surface area contributed by atoms with Gasteiger partial charge in [-0.2, -0.15) is 8.42 Å². The summed E-state index contributed by atoms with van der Waals surface area (Å²) in [4.78, 5) is 44.1. The number of carbonyl (C=O) groups excluding carboxylic acids is 4. The molecule has 0 saturated heterocycles. The number of alkyl carbamates (subject to hydrolysis) is 3. The summed E-state index contributed by atoms with van der Waals surface area (Å²) < 4.78 is 139. The highest BCUT2D eigenvalue weighted by Crippen LogP contribution is 2.23. The van der Waals surface area contributed by atoms with Gasteiger partial charge >= 0.3 is 24.2 Å². The second kappa shape index (κ2) is 53.8. The average Bonchev–Trinajstić information content (AvgIpc) is 0.857. The highest BCUT2D eigenvalue weighted by Gasteiger charge is 2.23. The number of benzene rings is 5. The van der Waals surface area contributed by atoms with Crippen molar-refractivity contribution in [1.82, 2.24) is 16.0 Å². The predicted molar refractivity (Wildman–Crippen MR) is 431 cm³/mol. The molecule has 29 nitrogen and oxygen atoms in total. The second-order valence-corrected chi connectivity index (χ2v) is 35.3. The third-order valence-corrected chi connectivity index (χ3v) is 19.7. The van der Waals surface area contributed by atoms with Gasteiger partial charge in [-0.1, -0.05) is 82.0 Å². The van der Waals surface area contributed by atoms with Gasteiger partial charge in [-0.15, -0.1) is 12.4 Å². The monoisotopic (exact) mass is 1640 g/mol. The van der Waals surface area contributed by atoms with E-state index >= 15 is 0 Å². The number of nitrogens with one attached hydrogen (secondary N) is 5. The molecule has 0 fully saturated rings. The maximum atomic E-state index is 12.2. The number of carbonyl (C=O) groups is 4. The number of amides is 3. The van der Waals surface area contributed by atoms with Gasteiger partial charge < -0.3 is 71.4 Å². The van der Waals surface area contributed by atoms with Crippen LogP contribution in [0.5, 0.6) is 23.0 Å². The molecular weight excluding hydrogens is 1520 g/mol. The summed E-state index contributed by atoms with van der Waals surface area (Å²) in [5.74, 6) is 1.80. The second-order valence-electron chi connectivity index (χ2n) is 26.4. The smallest absolute Gasteiger partial charge is 0.407 e. The Morgan fingerprint density at radius 2 is 0.852 bits per heavy atom. The van der Waals surface area contributed by atoms with Crippen LogP contribution in [0.3, 0.4) is 0 Å². The summed E-state index contributed by atoms with van der Waals surface area (Å²) in [6.07, 6.45) is 2.81. The number of ether oxygens (including phenoxy) is 7. The van der Waals surface area contributed by atoms with Gasteiger partial charge in [0.05, 0.1) is 58.3 Å². The van der Waals surface area contributed by atoms with Crippen molar-refractivity contribution in [2.75, 3.05) is 80.1 Å². The zero-order valence-corrected chi connectivity index (χ0v) is 70.5. The number of aryl methyl sites for hydroxylation is 1. The molecule has 5 aromatic carbocycles. The van der Waals surface area contributed by atoms with Crippen LogP contribution in [0.15, 0.2) is 126 Å². The Kier molecular flexibility index (Phi) is 51.9. The van der Waals surface area contributed by atoms with Crippen molar-refractivity contribution >= 4 is 109 Å². The van der Waals surface area contributed by atoms with Crippen molar-refractivity contribution < 1.29 is 95.3 Å². The van der Waals surface area contributed by atoms with Gasteiger partial charge in [0.15, 0.2) is 0 Å². The molecular formula is C73H120Cl2N8O21S4. The molecule has 616 valence electrons.